The van der Waals surface area contributed by atoms with Gasteiger partial charge in [-0.25, -0.2) is 0 Å². The molecule has 1 N–H and O–H groups in total. The predicted molar refractivity (Wildman–Crippen MR) is 68.1 cm³/mol. The SMILES string of the molecule is S=C(CC1=NCCN1)c1ccc(Cl)cc1. The quantitative estimate of drug-likeness (QED) is 0.646. The molecule has 0 aliphatic carbocycles. The molecule has 1 aromatic rings. The van der Waals surface area contributed by atoms with E-state index in [9.17, 15) is 0 Å². The van der Waals surface area contributed by atoms with E-state index in [1.54, 1.807) is 0 Å². The Morgan fingerprint density at radius 3 is 2.73 bits per heavy atom. The zero-order valence-corrected chi connectivity index (χ0v) is 9.74. The zero-order valence-electron chi connectivity index (χ0n) is 8.16. The first kappa shape index (κ1) is 10.6. The van der Waals surface area contributed by atoms with E-state index in [-0.39, 0.29) is 0 Å². The molecule has 0 aromatic heterocycles. The van der Waals surface area contributed by atoms with Crippen LogP contribution in [0.25, 0.3) is 0 Å². The number of hydrogen-bond acceptors (Lipinski definition) is 3. The fourth-order valence-electron chi connectivity index (χ4n) is 1.46. The fraction of sp³-hybridized carbons (Fsp3) is 0.273. The van der Waals surface area contributed by atoms with E-state index in [2.05, 4.69) is 10.3 Å². The van der Waals surface area contributed by atoms with Gasteiger partial charge in [-0.2, -0.15) is 0 Å². The minimum atomic E-state index is 0.719. The number of thiocarbonyl (C=S) groups is 1. The summed E-state index contributed by atoms with van der Waals surface area (Å²) in [7, 11) is 0. The van der Waals surface area contributed by atoms with Gasteiger partial charge in [0, 0.05) is 22.9 Å². The molecular weight excluding hydrogens is 228 g/mol. The van der Waals surface area contributed by atoms with Gasteiger partial charge in [0.1, 0.15) is 5.84 Å². The minimum Gasteiger partial charge on any atom is -0.372 e. The molecule has 4 heteroatoms. The second-order valence-electron chi connectivity index (χ2n) is 3.36. The van der Waals surface area contributed by atoms with Gasteiger partial charge in [-0.15, -0.1) is 0 Å². The van der Waals surface area contributed by atoms with E-state index >= 15 is 0 Å². The van der Waals surface area contributed by atoms with Crippen LogP contribution in [0.4, 0.5) is 0 Å². The molecule has 1 aromatic carbocycles. The lowest BCUT2D eigenvalue weighted by Gasteiger charge is -2.04. The molecular formula is C11H11ClN2S. The Bertz CT molecular complexity index is 398. The molecule has 15 heavy (non-hydrogen) atoms. The van der Waals surface area contributed by atoms with Crippen LogP contribution in [-0.4, -0.2) is 23.8 Å². The molecule has 0 amide bonds. The van der Waals surface area contributed by atoms with E-state index in [0.717, 1.165) is 40.8 Å². The molecule has 2 nitrogen and oxygen atoms in total. The van der Waals surface area contributed by atoms with Crippen LogP contribution in [0.1, 0.15) is 12.0 Å². The van der Waals surface area contributed by atoms with Crippen LogP contribution in [-0.2, 0) is 0 Å². The summed E-state index contributed by atoms with van der Waals surface area (Å²) in [6.07, 6.45) is 0.719. The van der Waals surface area contributed by atoms with Crippen LogP contribution in [0.3, 0.4) is 0 Å². The van der Waals surface area contributed by atoms with Crippen molar-refractivity contribution in [2.24, 2.45) is 4.99 Å². The standard InChI is InChI=1S/C11H11ClN2S/c12-9-3-1-8(2-4-9)10(15)7-11-13-5-6-14-11/h1-4H,5-7H2,(H,13,14). The van der Waals surface area contributed by atoms with Crippen molar-refractivity contribution in [2.45, 2.75) is 6.42 Å². The van der Waals surface area contributed by atoms with Crippen LogP contribution in [0.15, 0.2) is 29.3 Å². The highest BCUT2D eigenvalue weighted by Gasteiger charge is 2.09. The Kier molecular flexibility index (Phi) is 3.34. The van der Waals surface area contributed by atoms with Crippen molar-refractivity contribution in [2.75, 3.05) is 13.1 Å². The van der Waals surface area contributed by atoms with Gasteiger partial charge >= 0.3 is 0 Å². The summed E-state index contributed by atoms with van der Waals surface area (Å²) in [5.74, 6) is 0.995. The third-order valence-corrected chi connectivity index (χ3v) is 2.87. The molecule has 1 heterocycles. The van der Waals surface area contributed by atoms with Crippen LogP contribution in [0, 0.1) is 0 Å². The number of nitrogens with zero attached hydrogens (tertiary/aromatic N) is 1. The van der Waals surface area contributed by atoms with Crippen molar-refractivity contribution in [3.63, 3.8) is 0 Å². The largest absolute Gasteiger partial charge is 0.372 e. The van der Waals surface area contributed by atoms with Crippen LogP contribution in [0.5, 0.6) is 0 Å². The third-order valence-electron chi connectivity index (χ3n) is 2.24. The summed E-state index contributed by atoms with van der Waals surface area (Å²) in [4.78, 5) is 5.21. The maximum absolute atomic E-state index is 5.81. The number of aliphatic imine (C=N–C) groups is 1. The van der Waals surface area contributed by atoms with Crippen molar-refractivity contribution >= 4 is 34.5 Å². The van der Waals surface area contributed by atoms with Crippen molar-refractivity contribution in [3.8, 4) is 0 Å². The average Bonchev–Trinajstić information content (AvgIpc) is 2.71. The lowest BCUT2D eigenvalue weighted by molar-refractivity contribution is 0.956. The topological polar surface area (TPSA) is 24.4 Å². The van der Waals surface area contributed by atoms with E-state index in [0.29, 0.717) is 0 Å². The van der Waals surface area contributed by atoms with Crippen LogP contribution >= 0.6 is 23.8 Å². The first-order valence-corrected chi connectivity index (χ1v) is 5.60. The van der Waals surface area contributed by atoms with Gasteiger partial charge in [-0.1, -0.05) is 36.0 Å². The Morgan fingerprint density at radius 2 is 2.13 bits per heavy atom. The van der Waals surface area contributed by atoms with Gasteiger partial charge in [0.05, 0.1) is 6.54 Å². The number of rotatable bonds is 3. The third kappa shape index (κ3) is 2.76. The number of benzene rings is 1. The van der Waals surface area contributed by atoms with Gasteiger partial charge in [0.15, 0.2) is 0 Å². The summed E-state index contributed by atoms with van der Waals surface area (Å²) < 4.78 is 0. The molecule has 1 aliphatic heterocycles. The predicted octanol–water partition coefficient (Wildman–Crippen LogP) is 2.45. The van der Waals surface area contributed by atoms with Gasteiger partial charge in [0.25, 0.3) is 0 Å². The number of halogens is 1. The zero-order chi connectivity index (χ0) is 10.7. The maximum Gasteiger partial charge on any atom is 0.102 e. The molecule has 0 radical (unpaired) electrons. The number of amidine groups is 1. The molecule has 0 unspecified atom stereocenters. The summed E-state index contributed by atoms with van der Waals surface area (Å²) in [6, 6.07) is 7.60. The Labute approximate surface area is 99.4 Å². The smallest absolute Gasteiger partial charge is 0.102 e. The highest BCUT2D eigenvalue weighted by molar-refractivity contribution is 7.80. The number of hydrogen-bond donors (Lipinski definition) is 1. The normalized spacial score (nSPS) is 14.6. The molecule has 0 spiro atoms. The van der Waals surface area contributed by atoms with Crippen LogP contribution in [0.2, 0.25) is 5.02 Å². The van der Waals surface area contributed by atoms with Crippen molar-refractivity contribution in [1.29, 1.82) is 0 Å². The molecule has 0 atom stereocenters. The minimum absolute atomic E-state index is 0.719. The maximum atomic E-state index is 5.81. The molecule has 1 aliphatic rings. The van der Waals surface area contributed by atoms with Gasteiger partial charge in [-0.3, -0.25) is 4.99 Å². The summed E-state index contributed by atoms with van der Waals surface area (Å²) in [5.41, 5.74) is 1.05. The van der Waals surface area contributed by atoms with Crippen molar-refractivity contribution in [3.05, 3.63) is 34.9 Å². The fourth-order valence-corrected chi connectivity index (χ4v) is 1.85. The monoisotopic (exact) mass is 238 g/mol. The molecule has 78 valence electrons. The lowest BCUT2D eigenvalue weighted by Crippen LogP contribution is -2.21. The lowest BCUT2D eigenvalue weighted by atomic mass is 10.1. The highest BCUT2D eigenvalue weighted by atomic mass is 35.5. The van der Waals surface area contributed by atoms with E-state index in [4.69, 9.17) is 23.8 Å². The molecule has 0 saturated heterocycles. The molecule has 2 rings (SSSR count). The average molecular weight is 239 g/mol. The molecule has 0 fully saturated rings. The van der Waals surface area contributed by atoms with E-state index in [1.165, 1.54) is 0 Å². The van der Waals surface area contributed by atoms with Gasteiger partial charge in [-0.05, 0) is 17.7 Å². The summed E-state index contributed by atoms with van der Waals surface area (Å²) in [6.45, 7) is 1.79. The Morgan fingerprint density at radius 1 is 1.40 bits per heavy atom. The van der Waals surface area contributed by atoms with Gasteiger partial charge in [0.2, 0.25) is 0 Å². The van der Waals surface area contributed by atoms with Crippen molar-refractivity contribution < 1.29 is 0 Å². The molecule has 0 saturated carbocycles. The Hall–Kier alpha value is -0.930. The van der Waals surface area contributed by atoms with Crippen molar-refractivity contribution in [1.82, 2.24) is 5.32 Å². The second kappa shape index (κ2) is 4.73. The van der Waals surface area contributed by atoms with Gasteiger partial charge < -0.3 is 5.32 Å². The first-order valence-electron chi connectivity index (χ1n) is 4.81. The first-order chi connectivity index (χ1) is 7.25. The number of nitrogens with one attached hydrogen (secondary N) is 1. The van der Waals surface area contributed by atoms with E-state index in [1.807, 2.05) is 24.3 Å². The Balaban J connectivity index is 2.04. The summed E-state index contributed by atoms with van der Waals surface area (Å²) >= 11 is 11.1. The van der Waals surface area contributed by atoms with E-state index < -0.39 is 0 Å². The second-order valence-corrected chi connectivity index (χ2v) is 4.29. The summed E-state index contributed by atoms with van der Waals surface area (Å²) in [5, 5.41) is 3.94. The highest BCUT2D eigenvalue weighted by Crippen LogP contribution is 2.12. The van der Waals surface area contributed by atoms with Crippen LogP contribution < -0.4 is 5.32 Å². The molecule has 0 bridgehead atoms.